The van der Waals surface area contributed by atoms with Crippen LogP contribution in [0.3, 0.4) is 0 Å². The molecule has 3 rings (SSSR count). The summed E-state index contributed by atoms with van der Waals surface area (Å²) >= 11 is 0. The van der Waals surface area contributed by atoms with E-state index < -0.39 is 0 Å². The molecule has 0 saturated carbocycles. The average Bonchev–Trinajstić information content (AvgIpc) is 2.46. The number of hydrogen-bond acceptors (Lipinski definition) is 2. The van der Waals surface area contributed by atoms with Gasteiger partial charge in [-0.2, -0.15) is 0 Å². The molecule has 0 unspecified atom stereocenters. The lowest BCUT2D eigenvalue weighted by atomic mass is 9.87. The smallest absolute Gasteiger partial charge is 0.236 e. The molecule has 1 aromatic rings. The number of amides is 1. The second kappa shape index (κ2) is 5.02. The van der Waals surface area contributed by atoms with Crippen LogP contribution in [0.15, 0.2) is 18.2 Å². The van der Waals surface area contributed by atoms with Crippen LogP contribution in [0, 0.1) is 6.57 Å². The van der Waals surface area contributed by atoms with Crippen molar-refractivity contribution in [2.75, 3.05) is 19.6 Å². The van der Waals surface area contributed by atoms with Crippen molar-refractivity contribution in [3.63, 3.8) is 0 Å². The summed E-state index contributed by atoms with van der Waals surface area (Å²) in [6.45, 7) is 9.24. The van der Waals surface area contributed by atoms with Crippen LogP contribution in [0.25, 0.3) is 4.85 Å². The van der Waals surface area contributed by atoms with Crippen LogP contribution in [0.4, 0.5) is 5.69 Å². The van der Waals surface area contributed by atoms with Gasteiger partial charge in [0.25, 0.3) is 0 Å². The molecule has 0 spiro atoms. The van der Waals surface area contributed by atoms with Gasteiger partial charge in [-0.25, -0.2) is 4.85 Å². The zero-order valence-electron chi connectivity index (χ0n) is 10.9. The maximum Gasteiger partial charge on any atom is 0.236 e. The summed E-state index contributed by atoms with van der Waals surface area (Å²) in [6.07, 6.45) is 2.92. The molecule has 0 aromatic heterocycles. The molecule has 4 nitrogen and oxygen atoms in total. The molecule has 4 heteroatoms. The van der Waals surface area contributed by atoms with Crippen LogP contribution in [-0.2, 0) is 17.6 Å². The molecule has 1 N–H and O–H groups in total. The average molecular weight is 255 g/mol. The third kappa shape index (κ3) is 2.34. The largest absolute Gasteiger partial charge is 0.337 e. The van der Waals surface area contributed by atoms with Crippen LogP contribution in [0.5, 0.6) is 0 Å². The number of benzene rings is 1. The van der Waals surface area contributed by atoms with Gasteiger partial charge in [-0.3, -0.25) is 4.79 Å². The summed E-state index contributed by atoms with van der Waals surface area (Å²) in [5.41, 5.74) is 3.30. The minimum atomic E-state index is 0.220. The predicted molar refractivity (Wildman–Crippen MR) is 73.1 cm³/mol. The van der Waals surface area contributed by atoms with Crippen LogP contribution >= 0.6 is 0 Å². The van der Waals surface area contributed by atoms with Crippen molar-refractivity contribution < 1.29 is 4.79 Å². The topological polar surface area (TPSA) is 36.7 Å². The van der Waals surface area contributed by atoms with Gasteiger partial charge in [0.05, 0.1) is 13.1 Å². The van der Waals surface area contributed by atoms with Crippen LogP contribution in [-0.4, -0.2) is 36.5 Å². The van der Waals surface area contributed by atoms with Gasteiger partial charge in [0.15, 0.2) is 5.69 Å². The van der Waals surface area contributed by atoms with Gasteiger partial charge in [0.1, 0.15) is 0 Å². The van der Waals surface area contributed by atoms with Crippen molar-refractivity contribution in [1.29, 1.82) is 0 Å². The van der Waals surface area contributed by atoms with Crippen molar-refractivity contribution >= 4 is 11.6 Å². The van der Waals surface area contributed by atoms with Gasteiger partial charge in [-0.05, 0) is 24.8 Å². The van der Waals surface area contributed by atoms with E-state index in [2.05, 4.69) is 16.2 Å². The number of rotatable bonds is 1. The standard InChI is InChI=1S/C15H17N3O/c1-16-13-4-2-12-9-14(5-3-11(12)8-13)18-7-6-17-10-15(18)19/h2,4,8,14,17H,3,5-7,9-10H2/t14-/m1/s1. The number of carbonyl (C=O) groups excluding carboxylic acids is 1. The van der Waals surface area contributed by atoms with Crippen molar-refractivity contribution in [2.45, 2.75) is 25.3 Å². The molecule has 2 aliphatic rings. The first-order valence-electron chi connectivity index (χ1n) is 6.77. The summed E-state index contributed by atoms with van der Waals surface area (Å²) in [6, 6.07) is 6.27. The Morgan fingerprint density at radius 2 is 2.26 bits per heavy atom. The molecule has 1 atom stereocenters. The monoisotopic (exact) mass is 255 g/mol. The van der Waals surface area contributed by atoms with E-state index in [4.69, 9.17) is 6.57 Å². The maximum absolute atomic E-state index is 11.9. The van der Waals surface area contributed by atoms with Crippen molar-refractivity contribution in [1.82, 2.24) is 10.2 Å². The molecule has 1 fully saturated rings. The molecule has 1 saturated heterocycles. The summed E-state index contributed by atoms with van der Waals surface area (Å²) < 4.78 is 0. The Bertz CT molecular complexity index is 547. The minimum absolute atomic E-state index is 0.220. The number of piperazine rings is 1. The molecule has 1 aliphatic carbocycles. The number of fused-ring (bicyclic) bond motifs is 1. The van der Waals surface area contributed by atoms with Gasteiger partial charge in [-0.15, -0.1) is 0 Å². The highest BCUT2D eigenvalue weighted by Gasteiger charge is 2.28. The number of hydrogen-bond donors (Lipinski definition) is 1. The van der Waals surface area contributed by atoms with E-state index >= 15 is 0 Å². The molecule has 1 aromatic carbocycles. The predicted octanol–water partition coefficient (Wildman–Crippen LogP) is 1.53. The summed E-state index contributed by atoms with van der Waals surface area (Å²) in [4.78, 5) is 17.4. The van der Waals surface area contributed by atoms with Crippen LogP contribution in [0.1, 0.15) is 17.5 Å². The van der Waals surface area contributed by atoms with Gasteiger partial charge in [0, 0.05) is 19.1 Å². The SMILES string of the molecule is [C-]#[N+]c1ccc2c(c1)CC[C@@H](N1CCNCC1=O)C2. The Morgan fingerprint density at radius 3 is 3.05 bits per heavy atom. The lowest BCUT2D eigenvalue weighted by Crippen LogP contribution is -2.53. The Hall–Kier alpha value is -1.86. The van der Waals surface area contributed by atoms with Gasteiger partial charge < -0.3 is 10.2 Å². The Morgan fingerprint density at radius 1 is 1.37 bits per heavy atom. The highest BCUT2D eigenvalue weighted by molar-refractivity contribution is 5.79. The number of nitrogens with zero attached hydrogens (tertiary/aromatic N) is 2. The zero-order chi connectivity index (χ0) is 13.2. The van der Waals surface area contributed by atoms with Gasteiger partial charge in [-0.1, -0.05) is 23.8 Å². The number of carbonyl (C=O) groups is 1. The summed E-state index contributed by atoms with van der Waals surface area (Å²) in [7, 11) is 0. The fourth-order valence-electron chi connectivity index (χ4n) is 3.07. The second-order valence-electron chi connectivity index (χ2n) is 5.23. The quantitative estimate of drug-likeness (QED) is 0.773. The third-order valence-electron chi connectivity index (χ3n) is 4.09. The molecule has 1 heterocycles. The molecular weight excluding hydrogens is 238 g/mol. The normalized spacial score (nSPS) is 22.8. The summed E-state index contributed by atoms with van der Waals surface area (Å²) in [5, 5.41) is 3.11. The van der Waals surface area contributed by atoms with Crippen molar-refractivity contribution in [2.24, 2.45) is 0 Å². The second-order valence-corrected chi connectivity index (χ2v) is 5.23. The minimum Gasteiger partial charge on any atom is -0.337 e. The first kappa shape index (κ1) is 12.2. The molecule has 1 aliphatic heterocycles. The first-order valence-corrected chi connectivity index (χ1v) is 6.77. The molecule has 1 amide bonds. The van der Waals surface area contributed by atoms with Gasteiger partial charge in [0.2, 0.25) is 5.91 Å². The maximum atomic E-state index is 11.9. The fourth-order valence-corrected chi connectivity index (χ4v) is 3.07. The molecule has 0 radical (unpaired) electrons. The molecular formula is C15H17N3O. The highest BCUT2D eigenvalue weighted by Crippen LogP contribution is 2.28. The van der Waals surface area contributed by atoms with Crippen molar-refractivity contribution in [3.8, 4) is 0 Å². The van der Waals surface area contributed by atoms with Crippen LogP contribution < -0.4 is 5.32 Å². The van der Waals surface area contributed by atoms with E-state index in [1.807, 2.05) is 17.0 Å². The zero-order valence-corrected chi connectivity index (χ0v) is 10.9. The van der Waals surface area contributed by atoms with E-state index in [9.17, 15) is 4.79 Å². The molecule has 0 bridgehead atoms. The lowest BCUT2D eigenvalue weighted by molar-refractivity contribution is -0.134. The van der Waals surface area contributed by atoms with Crippen molar-refractivity contribution in [3.05, 3.63) is 40.7 Å². The fraction of sp³-hybridized carbons (Fsp3) is 0.467. The molecule has 98 valence electrons. The van der Waals surface area contributed by atoms with E-state index in [0.29, 0.717) is 12.6 Å². The number of nitrogens with one attached hydrogen (secondary N) is 1. The van der Waals surface area contributed by atoms with E-state index in [-0.39, 0.29) is 5.91 Å². The first-order chi connectivity index (χ1) is 9.28. The lowest BCUT2D eigenvalue weighted by Gasteiger charge is -2.37. The Balaban J connectivity index is 1.78. The Kier molecular flexibility index (Phi) is 3.22. The Labute approximate surface area is 113 Å². The van der Waals surface area contributed by atoms with E-state index in [0.717, 1.165) is 38.0 Å². The van der Waals surface area contributed by atoms with E-state index in [1.165, 1.54) is 11.1 Å². The molecule has 19 heavy (non-hydrogen) atoms. The van der Waals surface area contributed by atoms with Crippen LogP contribution in [0.2, 0.25) is 0 Å². The van der Waals surface area contributed by atoms with E-state index in [1.54, 1.807) is 0 Å². The van der Waals surface area contributed by atoms with Gasteiger partial charge >= 0.3 is 0 Å². The summed E-state index contributed by atoms with van der Waals surface area (Å²) in [5.74, 6) is 0.220. The third-order valence-corrected chi connectivity index (χ3v) is 4.09. The number of aryl methyl sites for hydroxylation is 1. The highest BCUT2D eigenvalue weighted by atomic mass is 16.2.